The smallest absolute Gasteiger partial charge is 0.244 e. The van der Waals surface area contributed by atoms with E-state index < -0.39 is 0 Å². The highest BCUT2D eigenvalue weighted by atomic mass is 35.5. The lowest BCUT2D eigenvalue weighted by Gasteiger charge is -2.12. The molecule has 0 bridgehead atoms. The summed E-state index contributed by atoms with van der Waals surface area (Å²) in [6.07, 6.45) is 11.4. The summed E-state index contributed by atoms with van der Waals surface area (Å²) in [6, 6.07) is 3.57. The van der Waals surface area contributed by atoms with E-state index in [4.69, 9.17) is 21.1 Å². The van der Waals surface area contributed by atoms with E-state index in [2.05, 4.69) is 11.4 Å². The number of nitrogens with one attached hydrogen (secondary N) is 1. The molecular weight excluding hydrogens is 314 g/mol. The van der Waals surface area contributed by atoms with E-state index in [9.17, 15) is 4.79 Å². The molecule has 23 heavy (non-hydrogen) atoms. The average Bonchev–Trinajstić information content (AvgIpc) is 3.03. The molecule has 3 rings (SSSR count). The Morgan fingerprint density at radius 2 is 2.22 bits per heavy atom. The highest BCUT2D eigenvalue weighted by Crippen LogP contribution is 2.40. The summed E-state index contributed by atoms with van der Waals surface area (Å²) >= 11 is 6.11. The van der Waals surface area contributed by atoms with E-state index >= 15 is 0 Å². The fourth-order valence-corrected chi connectivity index (χ4v) is 3.07. The zero-order valence-corrected chi connectivity index (χ0v) is 13.7. The molecule has 2 aliphatic rings. The van der Waals surface area contributed by atoms with Gasteiger partial charge in [-0.3, -0.25) is 4.79 Å². The number of amides is 1. The maximum absolute atomic E-state index is 11.9. The van der Waals surface area contributed by atoms with Crippen molar-refractivity contribution in [3.63, 3.8) is 0 Å². The first-order chi connectivity index (χ1) is 11.2. The first-order valence-electron chi connectivity index (χ1n) is 7.95. The number of ether oxygens (including phenoxy) is 2. The Morgan fingerprint density at radius 1 is 1.30 bits per heavy atom. The standard InChI is InChI=1S/C18H20ClNO3/c19-15-10-14(11-16-18(15)23-12-22-16)6-7-17(21)20-9-8-13-4-2-1-3-5-13/h4,6-7,10-11H,1-3,5,8-9,12H2,(H,20,21)/b7-6+. The van der Waals surface area contributed by atoms with Crippen LogP contribution in [-0.4, -0.2) is 19.2 Å². The molecule has 4 nitrogen and oxygen atoms in total. The van der Waals surface area contributed by atoms with Crippen LogP contribution >= 0.6 is 11.6 Å². The molecule has 1 heterocycles. The molecule has 5 heteroatoms. The minimum absolute atomic E-state index is 0.102. The number of hydrogen-bond acceptors (Lipinski definition) is 3. The summed E-state index contributed by atoms with van der Waals surface area (Å²) in [4.78, 5) is 11.9. The van der Waals surface area contributed by atoms with Crippen LogP contribution in [0.5, 0.6) is 11.5 Å². The van der Waals surface area contributed by atoms with Crippen LogP contribution in [0, 0.1) is 0 Å². The van der Waals surface area contributed by atoms with Crippen LogP contribution in [-0.2, 0) is 4.79 Å². The zero-order chi connectivity index (χ0) is 16.1. The lowest BCUT2D eigenvalue weighted by molar-refractivity contribution is -0.116. The molecule has 0 unspecified atom stereocenters. The van der Waals surface area contributed by atoms with Crippen molar-refractivity contribution in [1.29, 1.82) is 0 Å². The first-order valence-corrected chi connectivity index (χ1v) is 8.33. The van der Waals surface area contributed by atoms with E-state index in [1.54, 1.807) is 12.1 Å². The maximum Gasteiger partial charge on any atom is 0.244 e. The Bertz CT molecular complexity index is 652. The lowest BCUT2D eigenvalue weighted by Crippen LogP contribution is -2.22. The van der Waals surface area contributed by atoms with Crippen molar-refractivity contribution in [2.45, 2.75) is 32.1 Å². The Balaban J connectivity index is 1.50. The molecule has 0 aromatic heterocycles. The third-order valence-corrected chi connectivity index (χ3v) is 4.29. The number of rotatable bonds is 5. The minimum Gasteiger partial charge on any atom is -0.454 e. The van der Waals surface area contributed by atoms with E-state index in [0.29, 0.717) is 23.1 Å². The molecule has 1 aliphatic carbocycles. The molecule has 0 saturated carbocycles. The second-order valence-corrected chi connectivity index (χ2v) is 6.13. The van der Waals surface area contributed by atoms with E-state index in [-0.39, 0.29) is 12.7 Å². The summed E-state index contributed by atoms with van der Waals surface area (Å²) in [5.41, 5.74) is 2.27. The Kier molecular flexibility index (Phi) is 5.23. The monoisotopic (exact) mass is 333 g/mol. The fraction of sp³-hybridized carbons (Fsp3) is 0.389. The molecule has 0 fully saturated rings. The molecule has 0 saturated heterocycles. The number of benzene rings is 1. The predicted molar refractivity (Wildman–Crippen MR) is 90.8 cm³/mol. The van der Waals surface area contributed by atoms with Gasteiger partial charge in [-0.05, 0) is 55.9 Å². The van der Waals surface area contributed by atoms with Crippen LogP contribution in [0.15, 0.2) is 29.9 Å². The maximum atomic E-state index is 11.9. The van der Waals surface area contributed by atoms with Crippen LogP contribution in [0.3, 0.4) is 0 Å². The third kappa shape index (κ3) is 4.29. The van der Waals surface area contributed by atoms with Gasteiger partial charge in [0.1, 0.15) is 0 Å². The topological polar surface area (TPSA) is 47.6 Å². The first kappa shape index (κ1) is 15.9. The predicted octanol–water partition coefficient (Wildman–Crippen LogP) is 4.09. The van der Waals surface area contributed by atoms with Gasteiger partial charge in [-0.1, -0.05) is 23.3 Å². The molecule has 1 aromatic carbocycles. The number of fused-ring (bicyclic) bond motifs is 1. The molecule has 1 N–H and O–H groups in total. The second kappa shape index (κ2) is 7.55. The van der Waals surface area contributed by atoms with Crippen molar-refractivity contribution in [2.75, 3.05) is 13.3 Å². The van der Waals surface area contributed by atoms with Gasteiger partial charge in [-0.15, -0.1) is 0 Å². The highest BCUT2D eigenvalue weighted by molar-refractivity contribution is 6.32. The summed E-state index contributed by atoms with van der Waals surface area (Å²) in [7, 11) is 0. The van der Waals surface area contributed by atoms with Crippen molar-refractivity contribution in [2.24, 2.45) is 0 Å². The molecule has 122 valence electrons. The molecular formula is C18H20ClNO3. The van der Waals surface area contributed by atoms with Gasteiger partial charge in [-0.25, -0.2) is 0 Å². The van der Waals surface area contributed by atoms with E-state index in [1.807, 2.05) is 6.07 Å². The van der Waals surface area contributed by atoms with Crippen molar-refractivity contribution < 1.29 is 14.3 Å². The third-order valence-electron chi connectivity index (χ3n) is 4.01. The second-order valence-electron chi connectivity index (χ2n) is 5.72. The Labute approximate surface area is 141 Å². The molecule has 0 spiro atoms. The van der Waals surface area contributed by atoms with Crippen molar-refractivity contribution >= 4 is 23.6 Å². The van der Waals surface area contributed by atoms with Gasteiger partial charge >= 0.3 is 0 Å². The van der Waals surface area contributed by atoms with Gasteiger partial charge in [0.2, 0.25) is 12.7 Å². The van der Waals surface area contributed by atoms with Crippen LogP contribution in [0.2, 0.25) is 5.02 Å². The minimum atomic E-state index is -0.102. The molecule has 1 aliphatic heterocycles. The number of halogens is 1. The highest BCUT2D eigenvalue weighted by Gasteiger charge is 2.17. The van der Waals surface area contributed by atoms with Gasteiger partial charge in [0.25, 0.3) is 0 Å². The number of carbonyl (C=O) groups excluding carboxylic acids is 1. The average molecular weight is 334 g/mol. The number of hydrogen-bond donors (Lipinski definition) is 1. The van der Waals surface area contributed by atoms with Gasteiger partial charge in [-0.2, -0.15) is 0 Å². The van der Waals surface area contributed by atoms with Gasteiger partial charge in [0.05, 0.1) is 5.02 Å². The molecule has 1 amide bonds. The van der Waals surface area contributed by atoms with Crippen molar-refractivity contribution in [3.8, 4) is 11.5 Å². The van der Waals surface area contributed by atoms with Gasteiger partial charge in [0, 0.05) is 12.6 Å². The largest absolute Gasteiger partial charge is 0.454 e. The van der Waals surface area contributed by atoms with Crippen molar-refractivity contribution in [1.82, 2.24) is 5.32 Å². The Hall–Kier alpha value is -1.94. The van der Waals surface area contributed by atoms with E-state index in [1.165, 1.54) is 37.3 Å². The normalized spacial score (nSPS) is 16.5. The molecule has 0 atom stereocenters. The summed E-state index contributed by atoms with van der Waals surface area (Å²) < 4.78 is 10.6. The number of carbonyl (C=O) groups is 1. The van der Waals surface area contributed by atoms with Crippen LogP contribution in [0.25, 0.3) is 6.08 Å². The summed E-state index contributed by atoms with van der Waals surface area (Å²) in [6.45, 7) is 0.857. The van der Waals surface area contributed by atoms with Gasteiger partial charge in [0.15, 0.2) is 11.5 Å². The summed E-state index contributed by atoms with van der Waals surface area (Å²) in [5, 5.41) is 3.40. The van der Waals surface area contributed by atoms with Crippen LogP contribution < -0.4 is 14.8 Å². The quantitative estimate of drug-likeness (QED) is 0.652. The molecule has 0 radical (unpaired) electrons. The zero-order valence-electron chi connectivity index (χ0n) is 12.9. The lowest BCUT2D eigenvalue weighted by atomic mass is 9.97. The van der Waals surface area contributed by atoms with E-state index in [0.717, 1.165) is 12.0 Å². The summed E-state index contributed by atoms with van der Waals surface area (Å²) in [5.74, 6) is 1.08. The molecule has 1 aromatic rings. The van der Waals surface area contributed by atoms with Crippen molar-refractivity contribution in [3.05, 3.63) is 40.4 Å². The Morgan fingerprint density at radius 3 is 3.04 bits per heavy atom. The SMILES string of the molecule is O=C(/C=C/c1cc(Cl)c2c(c1)OCO2)NCCC1=CCCCC1. The fourth-order valence-electron chi connectivity index (χ4n) is 2.79. The van der Waals surface area contributed by atoms with Crippen LogP contribution in [0.4, 0.5) is 0 Å². The number of allylic oxidation sites excluding steroid dienone is 1. The van der Waals surface area contributed by atoms with Crippen LogP contribution in [0.1, 0.15) is 37.7 Å². The van der Waals surface area contributed by atoms with Gasteiger partial charge < -0.3 is 14.8 Å².